The van der Waals surface area contributed by atoms with Crippen LogP contribution < -0.4 is 14.8 Å². The van der Waals surface area contributed by atoms with E-state index in [0.29, 0.717) is 35.0 Å². The van der Waals surface area contributed by atoms with Gasteiger partial charge in [0, 0.05) is 28.4 Å². The number of hydrogen-bond acceptors (Lipinski definition) is 4. The lowest BCUT2D eigenvalue weighted by molar-refractivity contribution is 0.284. The number of methoxy groups -OCH3 is 1. The van der Waals surface area contributed by atoms with Crippen molar-refractivity contribution in [2.75, 3.05) is 12.4 Å². The van der Waals surface area contributed by atoms with E-state index in [2.05, 4.69) is 66.9 Å². The first-order valence-electron chi connectivity index (χ1n) is 13.3. The number of nitrogens with zero attached hydrogens (tertiary/aromatic N) is 1. The zero-order valence-electron chi connectivity index (χ0n) is 22.1. The monoisotopic (exact) mass is 534 g/mol. The van der Waals surface area contributed by atoms with Gasteiger partial charge in [-0.1, -0.05) is 71.8 Å². The largest absolute Gasteiger partial charge is 0.493 e. The maximum Gasteiger partial charge on any atom is 0.161 e. The Balaban J connectivity index is 1.15. The normalized spacial score (nSPS) is 19.4. The van der Waals surface area contributed by atoms with E-state index in [9.17, 15) is 0 Å². The van der Waals surface area contributed by atoms with Crippen LogP contribution in [0, 0.1) is 12.8 Å². The molecule has 4 nitrogen and oxygen atoms in total. The molecule has 0 amide bonds. The van der Waals surface area contributed by atoms with Gasteiger partial charge in [-0.25, -0.2) is 0 Å². The lowest BCUT2D eigenvalue weighted by atomic mass is 9.76. The molecule has 0 saturated heterocycles. The number of benzene rings is 4. The molecule has 0 bridgehead atoms. The van der Waals surface area contributed by atoms with Crippen LogP contribution in [0.4, 0.5) is 11.4 Å². The molecule has 0 aromatic heterocycles. The summed E-state index contributed by atoms with van der Waals surface area (Å²) in [5.41, 5.74) is 8.03. The van der Waals surface area contributed by atoms with Gasteiger partial charge < -0.3 is 14.8 Å². The zero-order chi connectivity index (χ0) is 26.8. The first-order valence-corrected chi connectivity index (χ1v) is 13.7. The van der Waals surface area contributed by atoms with E-state index in [4.69, 9.17) is 26.1 Å². The molecule has 39 heavy (non-hydrogen) atoms. The van der Waals surface area contributed by atoms with Gasteiger partial charge in [0.25, 0.3) is 0 Å². The summed E-state index contributed by atoms with van der Waals surface area (Å²) in [5, 5.41) is 4.50. The summed E-state index contributed by atoms with van der Waals surface area (Å²) < 4.78 is 11.6. The molecule has 6 rings (SSSR count). The summed E-state index contributed by atoms with van der Waals surface area (Å²) in [6, 6.07) is 29.1. The third-order valence-corrected chi connectivity index (χ3v) is 8.03. The minimum absolute atomic E-state index is 0.279. The van der Waals surface area contributed by atoms with Gasteiger partial charge in [-0.2, -0.15) is 0 Å². The van der Waals surface area contributed by atoms with Crippen molar-refractivity contribution in [2.24, 2.45) is 10.9 Å². The van der Waals surface area contributed by atoms with E-state index in [0.717, 1.165) is 23.2 Å². The number of allylic oxidation sites excluding steroid dienone is 2. The quantitative estimate of drug-likeness (QED) is 0.190. The molecule has 5 heteroatoms. The van der Waals surface area contributed by atoms with Gasteiger partial charge in [-0.05, 0) is 78.4 Å². The number of aryl methyl sites for hydroxylation is 1. The minimum atomic E-state index is 0.279. The van der Waals surface area contributed by atoms with Gasteiger partial charge in [0.1, 0.15) is 6.61 Å². The van der Waals surface area contributed by atoms with Crippen molar-refractivity contribution < 1.29 is 9.47 Å². The summed E-state index contributed by atoms with van der Waals surface area (Å²) in [6.07, 6.45) is 7.66. The minimum Gasteiger partial charge on any atom is -0.493 e. The Hall–Kier alpha value is -4.02. The Kier molecular flexibility index (Phi) is 7.12. The summed E-state index contributed by atoms with van der Waals surface area (Å²) >= 11 is 6.26. The number of fused-ring (bicyclic) bond motifs is 3. The molecule has 1 aliphatic carbocycles. The second kappa shape index (κ2) is 11.0. The van der Waals surface area contributed by atoms with Crippen molar-refractivity contribution >= 4 is 29.2 Å². The average molecular weight is 535 g/mol. The van der Waals surface area contributed by atoms with Crippen LogP contribution in [0.2, 0.25) is 5.02 Å². The van der Waals surface area contributed by atoms with Crippen molar-refractivity contribution in [3.05, 3.63) is 130 Å². The molecular formula is C34H31ClN2O2. The lowest BCUT2D eigenvalue weighted by Gasteiger charge is -2.37. The van der Waals surface area contributed by atoms with Gasteiger partial charge in [0.15, 0.2) is 11.5 Å². The lowest BCUT2D eigenvalue weighted by Crippen LogP contribution is -2.29. The first kappa shape index (κ1) is 25.3. The van der Waals surface area contributed by atoms with Crippen LogP contribution in [0.25, 0.3) is 0 Å². The molecule has 0 saturated carbocycles. The van der Waals surface area contributed by atoms with E-state index in [1.165, 1.54) is 22.4 Å². The predicted molar refractivity (Wildman–Crippen MR) is 160 cm³/mol. The number of hydrogen-bond donors (Lipinski definition) is 1. The SMILES string of the molecule is COc1cc(C=Nc2ccc([C@@H]3Nc4ccc(C)cc4[C@@H]4C=CC[C@@H]43)cc2)ccc1OCc1ccccc1Cl. The highest BCUT2D eigenvalue weighted by Crippen LogP contribution is 2.50. The molecule has 1 aliphatic heterocycles. The van der Waals surface area contributed by atoms with Gasteiger partial charge in [-0.3, -0.25) is 4.99 Å². The van der Waals surface area contributed by atoms with Gasteiger partial charge in [-0.15, -0.1) is 0 Å². The fraction of sp³-hybridized carbons (Fsp3) is 0.206. The van der Waals surface area contributed by atoms with Crippen molar-refractivity contribution in [3.8, 4) is 11.5 Å². The molecule has 196 valence electrons. The van der Waals surface area contributed by atoms with Crippen LogP contribution in [0.5, 0.6) is 11.5 Å². The number of ether oxygens (including phenoxy) is 2. The Labute approximate surface area is 235 Å². The Bertz CT molecular complexity index is 1540. The second-order valence-corrected chi connectivity index (χ2v) is 10.6. The maximum absolute atomic E-state index is 6.26. The average Bonchev–Trinajstić information content (AvgIpc) is 3.46. The van der Waals surface area contributed by atoms with E-state index in [1.54, 1.807) is 7.11 Å². The fourth-order valence-electron chi connectivity index (χ4n) is 5.62. The van der Waals surface area contributed by atoms with Gasteiger partial charge in [0.2, 0.25) is 0 Å². The topological polar surface area (TPSA) is 42.8 Å². The van der Waals surface area contributed by atoms with Crippen LogP contribution in [0.15, 0.2) is 102 Å². The van der Waals surface area contributed by atoms with E-state index in [-0.39, 0.29) is 6.04 Å². The molecule has 1 N–H and O–H groups in total. The molecule has 3 atom stereocenters. The molecule has 4 aromatic rings. The van der Waals surface area contributed by atoms with Crippen LogP contribution in [0.3, 0.4) is 0 Å². The molecule has 0 spiro atoms. The van der Waals surface area contributed by atoms with Crippen molar-refractivity contribution in [2.45, 2.75) is 31.9 Å². The third kappa shape index (κ3) is 5.30. The highest BCUT2D eigenvalue weighted by Gasteiger charge is 2.37. The van der Waals surface area contributed by atoms with Crippen LogP contribution in [-0.4, -0.2) is 13.3 Å². The highest BCUT2D eigenvalue weighted by molar-refractivity contribution is 6.31. The van der Waals surface area contributed by atoms with Gasteiger partial charge in [0.05, 0.1) is 18.8 Å². The Morgan fingerprint density at radius 3 is 2.64 bits per heavy atom. The number of halogens is 1. The Morgan fingerprint density at radius 2 is 1.82 bits per heavy atom. The first-order chi connectivity index (χ1) is 19.1. The summed E-state index contributed by atoms with van der Waals surface area (Å²) in [5.74, 6) is 2.31. The summed E-state index contributed by atoms with van der Waals surface area (Å²) in [7, 11) is 1.64. The number of nitrogens with one attached hydrogen (secondary N) is 1. The van der Waals surface area contributed by atoms with E-state index in [1.807, 2.05) is 48.7 Å². The predicted octanol–water partition coefficient (Wildman–Crippen LogP) is 8.81. The van der Waals surface area contributed by atoms with Crippen LogP contribution in [0.1, 0.15) is 46.2 Å². The highest BCUT2D eigenvalue weighted by atomic mass is 35.5. The van der Waals surface area contributed by atoms with E-state index >= 15 is 0 Å². The molecule has 2 aliphatic rings. The molecule has 0 unspecified atom stereocenters. The smallest absolute Gasteiger partial charge is 0.161 e. The zero-order valence-corrected chi connectivity index (χ0v) is 22.9. The molecule has 4 aromatic carbocycles. The molecule has 0 radical (unpaired) electrons. The van der Waals surface area contributed by atoms with Crippen molar-refractivity contribution in [3.63, 3.8) is 0 Å². The summed E-state index contributed by atoms with van der Waals surface area (Å²) in [6.45, 7) is 2.54. The number of anilines is 1. The van der Waals surface area contributed by atoms with Crippen LogP contribution in [-0.2, 0) is 6.61 Å². The van der Waals surface area contributed by atoms with Gasteiger partial charge >= 0.3 is 0 Å². The van der Waals surface area contributed by atoms with Crippen molar-refractivity contribution in [1.29, 1.82) is 0 Å². The Morgan fingerprint density at radius 1 is 0.974 bits per heavy atom. The maximum atomic E-state index is 6.26. The molecule has 1 heterocycles. The van der Waals surface area contributed by atoms with Crippen LogP contribution >= 0.6 is 11.6 Å². The molecular weight excluding hydrogens is 504 g/mol. The van der Waals surface area contributed by atoms with Crippen molar-refractivity contribution in [1.82, 2.24) is 0 Å². The number of rotatable bonds is 7. The summed E-state index contributed by atoms with van der Waals surface area (Å²) in [4.78, 5) is 4.71. The number of aliphatic imine (C=N–C) groups is 1. The standard InChI is InChI=1S/C34H31ClN2O2/c1-22-10-16-31-29(18-22)27-7-5-8-28(27)34(37-31)24-12-14-26(15-13-24)36-20-23-11-17-32(33(19-23)38-2)39-21-25-6-3-4-9-30(25)35/h3-7,9-20,27-28,34,37H,8,21H2,1-2H3/t27-,28+,34+/m1/s1. The molecule has 0 fully saturated rings. The second-order valence-electron chi connectivity index (χ2n) is 10.2. The van der Waals surface area contributed by atoms with E-state index < -0.39 is 0 Å². The fourth-order valence-corrected chi connectivity index (χ4v) is 5.81. The third-order valence-electron chi connectivity index (χ3n) is 7.66.